The van der Waals surface area contributed by atoms with Crippen LogP contribution in [0.4, 0.5) is 10.2 Å². The molecule has 0 aliphatic carbocycles. The Bertz CT molecular complexity index is 1070. The number of nitrogens with zero attached hydrogens (tertiary/aromatic N) is 4. The molecule has 5 nitrogen and oxygen atoms in total. The van der Waals surface area contributed by atoms with E-state index in [1.807, 2.05) is 36.4 Å². The molecule has 0 amide bonds. The molecular weight excluding hydrogens is 385 g/mol. The molecule has 29 heavy (non-hydrogen) atoms. The summed E-state index contributed by atoms with van der Waals surface area (Å²) in [6.45, 7) is -0.364. The van der Waals surface area contributed by atoms with Crippen LogP contribution in [0.5, 0.6) is 0 Å². The van der Waals surface area contributed by atoms with Gasteiger partial charge in [-0.1, -0.05) is 30.3 Å². The molecule has 2 N–H and O–H groups in total. The van der Waals surface area contributed by atoms with Crippen molar-refractivity contribution in [3.8, 4) is 23.3 Å². The van der Waals surface area contributed by atoms with Gasteiger partial charge in [0.05, 0.1) is 12.2 Å². The molecule has 1 aromatic carbocycles. The van der Waals surface area contributed by atoms with Crippen LogP contribution in [0.3, 0.4) is 0 Å². The number of alkyl halides is 1. The first-order chi connectivity index (χ1) is 14.2. The van der Waals surface area contributed by atoms with Gasteiger partial charge in [-0.3, -0.25) is 9.37 Å². The van der Waals surface area contributed by atoms with Crippen LogP contribution >= 0.6 is 11.8 Å². The van der Waals surface area contributed by atoms with Crippen molar-refractivity contribution in [3.05, 3.63) is 71.0 Å². The van der Waals surface area contributed by atoms with E-state index < -0.39 is 0 Å². The first-order valence-electron chi connectivity index (χ1n) is 8.98. The lowest BCUT2D eigenvalue weighted by Gasteiger charge is -2.13. The number of rotatable bonds is 7. The van der Waals surface area contributed by atoms with Crippen LogP contribution in [0.1, 0.15) is 28.7 Å². The maximum atomic E-state index is 12.4. The van der Waals surface area contributed by atoms with E-state index in [0.717, 1.165) is 11.1 Å². The predicted molar refractivity (Wildman–Crippen MR) is 112 cm³/mol. The summed E-state index contributed by atoms with van der Waals surface area (Å²) in [5, 5.41) is 19.9. The maximum absolute atomic E-state index is 12.4. The van der Waals surface area contributed by atoms with Crippen LogP contribution < -0.4 is 5.73 Å². The minimum atomic E-state index is -0.364. The van der Waals surface area contributed by atoms with Crippen molar-refractivity contribution in [2.75, 3.05) is 12.4 Å². The molecule has 0 atom stereocenters. The minimum absolute atomic E-state index is 0.0942. The highest BCUT2D eigenvalue weighted by Crippen LogP contribution is 2.36. The third kappa shape index (κ3) is 4.71. The number of hydrogen-bond donors (Lipinski definition) is 1. The van der Waals surface area contributed by atoms with E-state index in [-0.39, 0.29) is 18.1 Å². The Morgan fingerprint density at radius 3 is 2.41 bits per heavy atom. The molecule has 0 aliphatic heterocycles. The Morgan fingerprint density at radius 2 is 1.79 bits per heavy atom. The Hall–Kier alpha value is -3.42. The Morgan fingerprint density at radius 1 is 1.03 bits per heavy atom. The summed E-state index contributed by atoms with van der Waals surface area (Å²) in [6, 6.07) is 15.5. The Balaban J connectivity index is 2.02. The van der Waals surface area contributed by atoms with Crippen LogP contribution in [-0.4, -0.2) is 16.6 Å². The predicted octanol–water partition coefficient (Wildman–Crippen LogP) is 4.66. The summed E-state index contributed by atoms with van der Waals surface area (Å²) in [7, 11) is 0. The fraction of sp³-hybridized carbons (Fsp3) is 0.182. The number of halogens is 1. The van der Waals surface area contributed by atoms with Gasteiger partial charge in [-0.2, -0.15) is 10.5 Å². The fourth-order valence-electron chi connectivity index (χ4n) is 2.94. The zero-order valence-corrected chi connectivity index (χ0v) is 16.4. The second-order valence-electron chi connectivity index (χ2n) is 6.29. The highest BCUT2D eigenvalue weighted by molar-refractivity contribution is 7.98. The van der Waals surface area contributed by atoms with E-state index in [0.29, 0.717) is 40.3 Å². The van der Waals surface area contributed by atoms with E-state index in [2.05, 4.69) is 22.1 Å². The van der Waals surface area contributed by atoms with Gasteiger partial charge in [0.1, 0.15) is 28.5 Å². The second-order valence-corrected chi connectivity index (χ2v) is 7.25. The van der Waals surface area contributed by atoms with Crippen molar-refractivity contribution in [1.82, 2.24) is 9.97 Å². The highest BCUT2D eigenvalue weighted by atomic mass is 32.2. The summed E-state index contributed by atoms with van der Waals surface area (Å²) in [6.07, 6.45) is 4.55. The number of anilines is 1. The number of nitriles is 2. The van der Waals surface area contributed by atoms with Crippen LogP contribution in [-0.2, 0) is 12.2 Å². The highest BCUT2D eigenvalue weighted by Gasteiger charge is 2.20. The molecule has 0 aliphatic rings. The zero-order valence-electron chi connectivity index (χ0n) is 15.6. The largest absolute Gasteiger partial charge is 0.383 e. The number of nitrogen functional groups attached to an aromatic ring is 1. The molecule has 144 valence electrons. The molecule has 3 aromatic rings. The molecule has 0 saturated heterocycles. The van der Waals surface area contributed by atoms with Gasteiger partial charge in [0.15, 0.2) is 0 Å². The molecule has 2 heterocycles. The summed E-state index contributed by atoms with van der Waals surface area (Å²) >= 11 is 1.38. The number of benzene rings is 1. The van der Waals surface area contributed by atoms with E-state index in [4.69, 9.17) is 5.73 Å². The molecule has 0 radical (unpaired) electrons. The molecule has 0 unspecified atom stereocenters. The Labute approximate surface area is 173 Å². The van der Waals surface area contributed by atoms with E-state index in [1.165, 1.54) is 11.8 Å². The monoisotopic (exact) mass is 403 g/mol. The number of aromatic nitrogens is 2. The summed E-state index contributed by atoms with van der Waals surface area (Å²) in [4.78, 5) is 8.40. The summed E-state index contributed by atoms with van der Waals surface area (Å²) < 4.78 is 12.4. The number of hydrogen-bond acceptors (Lipinski definition) is 6. The lowest BCUT2D eigenvalue weighted by Crippen LogP contribution is -2.03. The smallest absolute Gasteiger partial charge is 0.143 e. The molecule has 0 fully saturated rings. The summed E-state index contributed by atoms with van der Waals surface area (Å²) in [5.41, 5.74) is 9.73. The fourth-order valence-corrected chi connectivity index (χ4v) is 3.86. The number of aryl methyl sites for hydroxylation is 1. The van der Waals surface area contributed by atoms with Crippen molar-refractivity contribution >= 4 is 17.6 Å². The molecule has 0 saturated carbocycles. The van der Waals surface area contributed by atoms with Gasteiger partial charge < -0.3 is 5.73 Å². The van der Waals surface area contributed by atoms with Crippen LogP contribution in [0.25, 0.3) is 11.1 Å². The van der Waals surface area contributed by atoms with Crippen molar-refractivity contribution in [2.45, 2.75) is 23.6 Å². The average Bonchev–Trinajstić information content (AvgIpc) is 2.76. The van der Waals surface area contributed by atoms with Crippen molar-refractivity contribution in [1.29, 1.82) is 10.5 Å². The third-order valence-corrected chi connectivity index (χ3v) is 5.40. The average molecular weight is 403 g/mol. The lowest BCUT2D eigenvalue weighted by molar-refractivity contribution is 0.473. The molecule has 7 heteroatoms. The van der Waals surface area contributed by atoms with Gasteiger partial charge >= 0.3 is 0 Å². The maximum Gasteiger partial charge on any atom is 0.143 e. The van der Waals surface area contributed by atoms with Gasteiger partial charge in [-0.15, -0.1) is 11.8 Å². The van der Waals surface area contributed by atoms with Crippen molar-refractivity contribution < 1.29 is 4.39 Å². The quantitative estimate of drug-likeness (QED) is 0.576. The summed E-state index contributed by atoms with van der Waals surface area (Å²) in [5.74, 6) is 0.666. The topological polar surface area (TPSA) is 99.4 Å². The number of pyridine rings is 2. The minimum Gasteiger partial charge on any atom is -0.383 e. The number of nitrogens with two attached hydrogens (primary N) is 1. The number of thioether (sulfide) groups is 1. The SMILES string of the molecule is N#Cc1c(N)nc(SCc2cccnc2)c(C#N)c1-c1ccc(CCCF)cc1. The Kier molecular flexibility index (Phi) is 6.78. The van der Waals surface area contributed by atoms with Gasteiger partial charge in [0.25, 0.3) is 0 Å². The van der Waals surface area contributed by atoms with Crippen LogP contribution in [0.2, 0.25) is 0 Å². The van der Waals surface area contributed by atoms with Gasteiger partial charge in [0, 0.05) is 23.7 Å². The molecule has 3 rings (SSSR count). The van der Waals surface area contributed by atoms with Gasteiger partial charge in [-0.05, 0) is 35.6 Å². The van der Waals surface area contributed by atoms with Crippen LogP contribution in [0, 0.1) is 22.7 Å². The van der Waals surface area contributed by atoms with E-state index in [1.54, 1.807) is 12.4 Å². The zero-order chi connectivity index (χ0) is 20.6. The normalized spacial score (nSPS) is 10.3. The van der Waals surface area contributed by atoms with Crippen molar-refractivity contribution in [2.24, 2.45) is 0 Å². The van der Waals surface area contributed by atoms with Gasteiger partial charge in [-0.25, -0.2) is 4.98 Å². The first kappa shape index (κ1) is 20.3. The molecule has 0 bridgehead atoms. The van der Waals surface area contributed by atoms with Crippen molar-refractivity contribution in [3.63, 3.8) is 0 Å². The standard InChI is InChI=1S/C22H18FN5S/c23-9-1-3-15-5-7-17(8-6-15)20-18(11-24)21(26)28-22(19(20)12-25)29-14-16-4-2-10-27-13-16/h2,4-8,10,13H,1,3,9,14H2,(H2,26,28). The molecule has 2 aromatic heterocycles. The first-order valence-corrected chi connectivity index (χ1v) is 9.97. The molecule has 0 spiro atoms. The van der Waals surface area contributed by atoms with E-state index >= 15 is 0 Å². The van der Waals surface area contributed by atoms with Crippen LogP contribution in [0.15, 0.2) is 53.8 Å². The molecular formula is C22H18FN5S. The van der Waals surface area contributed by atoms with Gasteiger partial charge in [0.2, 0.25) is 0 Å². The van der Waals surface area contributed by atoms with E-state index in [9.17, 15) is 14.9 Å². The second kappa shape index (κ2) is 9.68. The lowest BCUT2D eigenvalue weighted by atomic mass is 9.95. The third-order valence-electron chi connectivity index (χ3n) is 4.36.